The van der Waals surface area contributed by atoms with Gasteiger partial charge in [0.1, 0.15) is 12.2 Å². The highest BCUT2D eigenvalue weighted by atomic mass is 16.5. The van der Waals surface area contributed by atoms with Crippen LogP contribution in [0, 0.1) is 0 Å². The van der Waals surface area contributed by atoms with Crippen LogP contribution >= 0.6 is 0 Å². The Kier molecular flexibility index (Phi) is 3.04. The molecule has 6 heteroatoms. The predicted molar refractivity (Wildman–Crippen MR) is 59.5 cm³/mol. The van der Waals surface area contributed by atoms with Crippen molar-refractivity contribution in [3.63, 3.8) is 0 Å². The molecule has 0 atom stereocenters. The molecule has 0 fully saturated rings. The van der Waals surface area contributed by atoms with Crippen LogP contribution in [-0.2, 0) is 9.53 Å². The molecule has 1 N–H and O–H groups in total. The maximum absolute atomic E-state index is 11.7. The average molecular weight is 233 g/mol. The Labute approximate surface area is 97.2 Å². The Morgan fingerprint density at radius 3 is 3.06 bits per heavy atom. The third kappa shape index (κ3) is 2.41. The van der Waals surface area contributed by atoms with Gasteiger partial charge in [0, 0.05) is 18.6 Å². The van der Waals surface area contributed by atoms with Crippen LogP contribution in [0.3, 0.4) is 0 Å². The SMILES string of the molecule is COC(=O)CNC(=O)c1ccc2nccn2c1. The molecule has 0 aliphatic heterocycles. The molecular weight excluding hydrogens is 222 g/mol. The number of pyridine rings is 1. The number of aromatic nitrogens is 2. The first kappa shape index (κ1) is 11.1. The Balaban J connectivity index is 2.10. The molecule has 0 radical (unpaired) electrons. The number of esters is 1. The molecule has 17 heavy (non-hydrogen) atoms. The molecule has 1 amide bonds. The van der Waals surface area contributed by atoms with E-state index in [9.17, 15) is 9.59 Å². The van der Waals surface area contributed by atoms with Crippen molar-refractivity contribution < 1.29 is 14.3 Å². The first-order chi connectivity index (χ1) is 8.20. The summed E-state index contributed by atoms with van der Waals surface area (Å²) in [5.41, 5.74) is 1.22. The van der Waals surface area contributed by atoms with Gasteiger partial charge in [-0.1, -0.05) is 0 Å². The summed E-state index contributed by atoms with van der Waals surface area (Å²) in [6.45, 7) is -0.142. The smallest absolute Gasteiger partial charge is 0.325 e. The van der Waals surface area contributed by atoms with Gasteiger partial charge in [0.25, 0.3) is 5.91 Å². The molecule has 0 aliphatic rings. The summed E-state index contributed by atoms with van der Waals surface area (Å²) >= 11 is 0. The molecule has 2 aromatic rings. The number of nitrogens with zero attached hydrogens (tertiary/aromatic N) is 2. The number of nitrogens with one attached hydrogen (secondary N) is 1. The second kappa shape index (κ2) is 4.65. The number of fused-ring (bicyclic) bond motifs is 1. The van der Waals surface area contributed by atoms with Crippen LogP contribution in [0.15, 0.2) is 30.7 Å². The fourth-order valence-corrected chi connectivity index (χ4v) is 1.38. The zero-order valence-corrected chi connectivity index (χ0v) is 9.21. The largest absolute Gasteiger partial charge is 0.468 e. The number of carbonyl (C=O) groups is 2. The van der Waals surface area contributed by atoms with Gasteiger partial charge >= 0.3 is 5.97 Å². The van der Waals surface area contributed by atoms with Crippen LogP contribution in [0.25, 0.3) is 5.65 Å². The number of hydrogen-bond donors (Lipinski definition) is 1. The van der Waals surface area contributed by atoms with E-state index < -0.39 is 5.97 Å². The van der Waals surface area contributed by atoms with Gasteiger partial charge in [-0.3, -0.25) is 9.59 Å². The van der Waals surface area contributed by atoms with Crippen molar-refractivity contribution in [3.8, 4) is 0 Å². The van der Waals surface area contributed by atoms with Crippen molar-refractivity contribution in [3.05, 3.63) is 36.3 Å². The molecule has 0 saturated heterocycles. The lowest BCUT2D eigenvalue weighted by Gasteiger charge is -2.04. The second-order valence-corrected chi connectivity index (χ2v) is 3.37. The van der Waals surface area contributed by atoms with E-state index >= 15 is 0 Å². The lowest BCUT2D eigenvalue weighted by atomic mass is 10.2. The molecule has 0 saturated carbocycles. The normalized spacial score (nSPS) is 10.2. The molecule has 0 aliphatic carbocycles. The van der Waals surface area contributed by atoms with Crippen LogP contribution in [0.4, 0.5) is 0 Å². The van der Waals surface area contributed by atoms with Crippen LogP contribution in [-0.4, -0.2) is 34.9 Å². The number of amides is 1. The van der Waals surface area contributed by atoms with Crippen molar-refractivity contribution in [2.75, 3.05) is 13.7 Å². The van der Waals surface area contributed by atoms with E-state index in [1.165, 1.54) is 7.11 Å². The minimum absolute atomic E-state index is 0.142. The number of methoxy groups -OCH3 is 1. The van der Waals surface area contributed by atoms with Crippen LogP contribution in [0.1, 0.15) is 10.4 Å². The minimum atomic E-state index is -0.484. The van der Waals surface area contributed by atoms with Gasteiger partial charge in [-0.25, -0.2) is 4.98 Å². The standard InChI is InChI=1S/C11H11N3O3/c1-17-10(15)6-13-11(16)8-2-3-9-12-4-5-14(9)7-8/h2-5,7H,6H2,1H3,(H,13,16). The van der Waals surface area contributed by atoms with Crippen molar-refractivity contribution >= 4 is 17.5 Å². The summed E-state index contributed by atoms with van der Waals surface area (Å²) in [5.74, 6) is -0.812. The first-order valence-electron chi connectivity index (χ1n) is 4.98. The second-order valence-electron chi connectivity index (χ2n) is 3.37. The van der Waals surface area contributed by atoms with E-state index in [0.717, 1.165) is 5.65 Å². The van der Waals surface area contributed by atoms with E-state index in [4.69, 9.17) is 0 Å². The highest BCUT2D eigenvalue weighted by Gasteiger charge is 2.08. The van der Waals surface area contributed by atoms with Crippen LogP contribution in [0.2, 0.25) is 0 Å². The summed E-state index contributed by atoms with van der Waals surface area (Å²) in [5, 5.41) is 2.46. The van der Waals surface area contributed by atoms with Gasteiger partial charge < -0.3 is 14.5 Å². The fraction of sp³-hybridized carbons (Fsp3) is 0.182. The van der Waals surface area contributed by atoms with E-state index in [0.29, 0.717) is 5.56 Å². The Hall–Kier alpha value is -2.37. The Morgan fingerprint density at radius 2 is 2.29 bits per heavy atom. The topological polar surface area (TPSA) is 72.7 Å². The molecule has 2 rings (SSSR count). The Bertz CT molecular complexity index is 562. The molecule has 0 unspecified atom stereocenters. The van der Waals surface area contributed by atoms with Gasteiger partial charge in [-0.2, -0.15) is 0 Å². The average Bonchev–Trinajstić information content (AvgIpc) is 2.82. The number of carbonyl (C=O) groups excluding carboxylic acids is 2. The molecule has 88 valence electrons. The number of imidazole rings is 1. The van der Waals surface area contributed by atoms with Gasteiger partial charge in [-0.05, 0) is 12.1 Å². The van der Waals surface area contributed by atoms with E-state index in [-0.39, 0.29) is 12.5 Å². The molecule has 6 nitrogen and oxygen atoms in total. The van der Waals surface area contributed by atoms with Crippen molar-refractivity contribution in [1.82, 2.24) is 14.7 Å². The quantitative estimate of drug-likeness (QED) is 0.770. The van der Waals surface area contributed by atoms with Crippen LogP contribution in [0.5, 0.6) is 0 Å². The monoisotopic (exact) mass is 233 g/mol. The van der Waals surface area contributed by atoms with Crippen molar-refractivity contribution in [1.29, 1.82) is 0 Å². The fourth-order valence-electron chi connectivity index (χ4n) is 1.38. The van der Waals surface area contributed by atoms with Gasteiger partial charge in [0.05, 0.1) is 12.7 Å². The summed E-state index contributed by atoms with van der Waals surface area (Å²) < 4.78 is 6.15. The van der Waals surface area contributed by atoms with Gasteiger partial charge in [-0.15, -0.1) is 0 Å². The lowest BCUT2D eigenvalue weighted by Crippen LogP contribution is -2.30. The van der Waals surface area contributed by atoms with Crippen LogP contribution < -0.4 is 5.32 Å². The molecule has 0 bridgehead atoms. The maximum atomic E-state index is 11.7. The highest BCUT2D eigenvalue weighted by Crippen LogP contribution is 2.04. The zero-order valence-electron chi connectivity index (χ0n) is 9.21. The number of rotatable bonds is 3. The summed E-state index contributed by atoms with van der Waals surface area (Å²) in [6, 6.07) is 3.38. The lowest BCUT2D eigenvalue weighted by molar-refractivity contribution is -0.139. The highest BCUT2D eigenvalue weighted by molar-refractivity contribution is 5.95. The Morgan fingerprint density at radius 1 is 1.47 bits per heavy atom. The number of ether oxygens (including phenoxy) is 1. The van der Waals surface area contributed by atoms with Gasteiger partial charge in [0.15, 0.2) is 0 Å². The summed E-state index contributed by atoms with van der Waals surface area (Å²) in [7, 11) is 1.27. The summed E-state index contributed by atoms with van der Waals surface area (Å²) in [4.78, 5) is 26.6. The molecule has 0 spiro atoms. The van der Waals surface area contributed by atoms with Crippen molar-refractivity contribution in [2.45, 2.75) is 0 Å². The maximum Gasteiger partial charge on any atom is 0.325 e. The van der Waals surface area contributed by atoms with Gasteiger partial charge in [0.2, 0.25) is 0 Å². The predicted octanol–water partition coefficient (Wildman–Crippen LogP) is 0.237. The molecule has 2 aromatic heterocycles. The van der Waals surface area contributed by atoms with E-state index in [1.807, 2.05) is 0 Å². The van der Waals surface area contributed by atoms with E-state index in [2.05, 4.69) is 15.0 Å². The third-order valence-electron chi connectivity index (χ3n) is 2.27. The zero-order chi connectivity index (χ0) is 12.3. The summed E-state index contributed by atoms with van der Waals surface area (Å²) in [6.07, 6.45) is 5.03. The van der Waals surface area contributed by atoms with Crippen molar-refractivity contribution in [2.24, 2.45) is 0 Å². The molecular formula is C11H11N3O3. The number of hydrogen-bond acceptors (Lipinski definition) is 4. The molecule has 2 heterocycles. The molecule has 0 aromatic carbocycles. The first-order valence-corrected chi connectivity index (χ1v) is 4.98. The van der Waals surface area contributed by atoms with E-state index in [1.54, 1.807) is 35.1 Å². The third-order valence-corrected chi connectivity index (χ3v) is 2.27. The minimum Gasteiger partial charge on any atom is -0.468 e.